The third kappa shape index (κ3) is 4.17. The van der Waals surface area contributed by atoms with E-state index in [4.69, 9.17) is 21.1 Å². The van der Waals surface area contributed by atoms with Gasteiger partial charge in [0.2, 0.25) is 0 Å². The predicted octanol–water partition coefficient (Wildman–Crippen LogP) is 5.06. The third-order valence-corrected chi connectivity index (χ3v) is 7.66. The van der Waals surface area contributed by atoms with Crippen molar-refractivity contribution in [1.29, 1.82) is 0 Å². The van der Waals surface area contributed by atoms with Crippen LogP contribution in [0.25, 0.3) is 0 Å². The van der Waals surface area contributed by atoms with E-state index in [1.54, 1.807) is 13.2 Å². The maximum absolute atomic E-state index is 12.9. The molecule has 2 aromatic carbocycles. The molecular formula is C25H22ClIN2O4. The van der Waals surface area contributed by atoms with Gasteiger partial charge < -0.3 is 9.47 Å². The van der Waals surface area contributed by atoms with E-state index in [0.717, 1.165) is 27.0 Å². The van der Waals surface area contributed by atoms with Gasteiger partial charge in [0.15, 0.2) is 11.5 Å². The molecule has 1 saturated heterocycles. The van der Waals surface area contributed by atoms with E-state index < -0.39 is 0 Å². The van der Waals surface area contributed by atoms with Gasteiger partial charge in [-0.1, -0.05) is 35.9 Å². The van der Waals surface area contributed by atoms with Crippen LogP contribution >= 0.6 is 34.2 Å². The van der Waals surface area contributed by atoms with Crippen molar-refractivity contribution >= 4 is 52.2 Å². The lowest BCUT2D eigenvalue weighted by atomic mass is 9.63. The van der Waals surface area contributed by atoms with Crippen LogP contribution in [0.2, 0.25) is 5.02 Å². The molecule has 2 aromatic rings. The zero-order valence-electron chi connectivity index (χ0n) is 17.9. The minimum Gasteiger partial charge on any atom is -0.493 e. The lowest BCUT2D eigenvalue weighted by molar-refractivity contribution is -0.140. The van der Waals surface area contributed by atoms with Crippen LogP contribution in [-0.4, -0.2) is 30.1 Å². The maximum atomic E-state index is 12.9. The van der Waals surface area contributed by atoms with Crippen LogP contribution in [0.3, 0.4) is 0 Å². The average molecular weight is 577 g/mol. The fraction of sp³-hybridized carbons (Fsp3) is 0.320. The van der Waals surface area contributed by atoms with Crippen molar-refractivity contribution in [2.75, 3.05) is 7.11 Å². The quantitative estimate of drug-likeness (QED) is 0.209. The Morgan fingerprint density at radius 3 is 2.30 bits per heavy atom. The Balaban J connectivity index is 1.34. The Bertz CT molecular complexity index is 1130. The van der Waals surface area contributed by atoms with E-state index in [1.807, 2.05) is 30.3 Å². The number of hydrazone groups is 1. The molecular weight excluding hydrogens is 555 g/mol. The van der Waals surface area contributed by atoms with E-state index in [9.17, 15) is 9.59 Å². The second kappa shape index (κ2) is 9.10. The number of ether oxygens (including phenoxy) is 2. The van der Waals surface area contributed by atoms with Crippen molar-refractivity contribution in [3.05, 3.63) is 68.3 Å². The van der Waals surface area contributed by atoms with E-state index >= 15 is 0 Å². The molecule has 1 heterocycles. The highest BCUT2D eigenvalue weighted by atomic mass is 127. The number of rotatable bonds is 6. The molecule has 2 fully saturated rings. The van der Waals surface area contributed by atoms with E-state index in [1.165, 1.54) is 6.21 Å². The van der Waals surface area contributed by atoms with Crippen LogP contribution in [0.4, 0.5) is 0 Å². The van der Waals surface area contributed by atoms with Crippen molar-refractivity contribution in [1.82, 2.24) is 5.01 Å². The molecule has 3 aliphatic carbocycles. The standard InChI is InChI=1S/C25H22ClIN2O4/c1-32-20-11-15(10-19(27)23(20)33-13-14-2-8-18(26)9-3-14)12-28-29-24(30)21-16-4-5-17(7-6-16)22(21)25(29)31/h2-5,8-12,16-17,21-22H,6-7,13H2,1H3/b28-12-/t16-,17-,21-,22-/m0/s1. The van der Waals surface area contributed by atoms with E-state index in [2.05, 4.69) is 39.8 Å². The Morgan fingerprint density at radius 1 is 1.09 bits per heavy atom. The summed E-state index contributed by atoms with van der Waals surface area (Å²) in [6.07, 6.45) is 7.67. The van der Waals surface area contributed by atoms with Crippen LogP contribution in [0, 0.1) is 27.2 Å². The highest BCUT2D eigenvalue weighted by Crippen LogP contribution is 2.49. The summed E-state index contributed by atoms with van der Waals surface area (Å²) in [5, 5.41) is 6.03. The Kier molecular flexibility index (Phi) is 6.18. The van der Waals surface area contributed by atoms with Gasteiger partial charge in [-0.2, -0.15) is 10.1 Å². The van der Waals surface area contributed by atoms with E-state index in [0.29, 0.717) is 28.7 Å². The minimum absolute atomic E-state index is 0.148. The zero-order valence-corrected chi connectivity index (χ0v) is 20.8. The number of carbonyl (C=O) groups excluding carboxylic acids is 2. The Morgan fingerprint density at radius 2 is 1.73 bits per heavy atom. The largest absolute Gasteiger partial charge is 0.493 e. The van der Waals surface area contributed by atoms with Crippen LogP contribution in [0.5, 0.6) is 11.5 Å². The van der Waals surface area contributed by atoms with Crippen molar-refractivity contribution in [3.63, 3.8) is 0 Å². The first-order valence-corrected chi connectivity index (χ1v) is 12.3. The molecule has 4 aliphatic rings. The number of carbonyl (C=O) groups is 2. The molecule has 33 heavy (non-hydrogen) atoms. The summed E-state index contributed by atoms with van der Waals surface area (Å²) in [6, 6.07) is 11.1. The average Bonchev–Trinajstić information content (AvgIpc) is 3.10. The molecule has 170 valence electrons. The van der Waals surface area contributed by atoms with Gasteiger partial charge in [-0.05, 0) is 82.7 Å². The number of halogens is 2. The number of allylic oxidation sites excluding steroid dienone is 2. The molecule has 0 aromatic heterocycles. The summed E-state index contributed by atoms with van der Waals surface area (Å²) in [5.41, 5.74) is 1.70. The highest BCUT2D eigenvalue weighted by Gasteiger charge is 2.56. The van der Waals surface area contributed by atoms with Crippen LogP contribution in [-0.2, 0) is 16.2 Å². The first-order chi connectivity index (χ1) is 16.0. The summed E-state index contributed by atoms with van der Waals surface area (Å²) in [6.45, 7) is 0.368. The molecule has 0 unspecified atom stereocenters. The number of fused-ring (bicyclic) bond motifs is 1. The maximum Gasteiger partial charge on any atom is 0.254 e. The predicted molar refractivity (Wildman–Crippen MR) is 133 cm³/mol. The molecule has 1 saturated carbocycles. The van der Waals surface area contributed by atoms with Crippen molar-refractivity contribution in [2.24, 2.45) is 28.8 Å². The molecule has 2 amide bonds. The fourth-order valence-electron chi connectivity index (χ4n) is 4.99. The number of nitrogens with zero attached hydrogens (tertiary/aromatic N) is 2. The van der Waals surface area contributed by atoms with Crippen LogP contribution in [0.15, 0.2) is 53.7 Å². The highest BCUT2D eigenvalue weighted by molar-refractivity contribution is 14.1. The second-order valence-corrected chi connectivity index (χ2v) is 10.1. The number of benzene rings is 2. The van der Waals surface area contributed by atoms with Crippen LogP contribution < -0.4 is 9.47 Å². The molecule has 0 N–H and O–H groups in total. The van der Waals surface area contributed by atoms with Crippen molar-refractivity contribution < 1.29 is 19.1 Å². The van der Waals surface area contributed by atoms with Gasteiger partial charge in [-0.15, -0.1) is 0 Å². The molecule has 2 bridgehead atoms. The summed E-state index contributed by atoms with van der Waals surface area (Å²) >= 11 is 8.12. The molecule has 8 heteroatoms. The Hall–Kier alpha value is -2.39. The fourth-order valence-corrected chi connectivity index (χ4v) is 5.89. The first-order valence-electron chi connectivity index (χ1n) is 10.8. The normalized spacial score (nSPS) is 25.7. The van der Waals surface area contributed by atoms with Gasteiger partial charge in [0.1, 0.15) is 6.61 Å². The molecule has 1 aliphatic heterocycles. The van der Waals surface area contributed by atoms with Crippen molar-refractivity contribution in [3.8, 4) is 11.5 Å². The van der Waals surface area contributed by atoms with Gasteiger partial charge in [-0.25, -0.2) is 0 Å². The van der Waals surface area contributed by atoms with Crippen LogP contribution in [0.1, 0.15) is 24.0 Å². The third-order valence-electron chi connectivity index (χ3n) is 6.61. The van der Waals surface area contributed by atoms with Gasteiger partial charge in [0, 0.05) is 5.02 Å². The molecule has 0 radical (unpaired) electrons. The van der Waals surface area contributed by atoms with Crippen molar-refractivity contribution in [2.45, 2.75) is 19.4 Å². The van der Waals surface area contributed by atoms with E-state index in [-0.39, 0.29) is 35.5 Å². The smallest absolute Gasteiger partial charge is 0.254 e. The number of hydrogen-bond donors (Lipinski definition) is 0. The summed E-state index contributed by atoms with van der Waals surface area (Å²) in [5.74, 6) is 0.548. The van der Waals surface area contributed by atoms with Gasteiger partial charge >= 0.3 is 0 Å². The minimum atomic E-state index is -0.267. The molecule has 6 nitrogen and oxygen atoms in total. The monoisotopic (exact) mass is 576 g/mol. The molecule has 6 rings (SSSR count). The number of imide groups is 1. The second-order valence-electron chi connectivity index (χ2n) is 8.52. The number of methoxy groups -OCH3 is 1. The summed E-state index contributed by atoms with van der Waals surface area (Å²) in [4.78, 5) is 25.9. The van der Waals surface area contributed by atoms with Gasteiger partial charge in [0.05, 0.1) is 28.7 Å². The number of hydrogen-bond acceptors (Lipinski definition) is 5. The topological polar surface area (TPSA) is 68.2 Å². The lowest BCUT2D eigenvalue weighted by Gasteiger charge is -2.37. The molecule has 0 spiro atoms. The van der Waals surface area contributed by atoms with Gasteiger partial charge in [-0.3, -0.25) is 9.59 Å². The lowest BCUT2D eigenvalue weighted by Crippen LogP contribution is -2.38. The molecule has 4 atom stereocenters. The van der Waals surface area contributed by atoms with Gasteiger partial charge in [0.25, 0.3) is 11.8 Å². The number of amides is 2. The summed E-state index contributed by atoms with van der Waals surface area (Å²) in [7, 11) is 1.57. The Labute approximate surface area is 210 Å². The SMILES string of the molecule is COc1cc(/C=N\N2C(=O)[C@@H]3[C@@H](C2=O)[C@H]2C=C[C@H]3CC2)cc(I)c1OCc1ccc(Cl)cc1. The zero-order chi connectivity index (χ0) is 23.1. The summed E-state index contributed by atoms with van der Waals surface area (Å²) < 4.78 is 12.4. The first kappa shape index (κ1) is 22.4.